The number of carbonyl (C=O) groups is 2. The molecule has 1 amide bonds. The van der Waals surface area contributed by atoms with Crippen molar-refractivity contribution < 1.29 is 24.2 Å². The zero-order chi connectivity index (χ0) is 17.0. The van der Waals surface area contributed by atoms with Crippen molar-refractivity contribution in [1.82, 2.24) is 5.32 Å². The average molecular weight is 342 g/mol. The topological polar surface area (TPSA) is 84.9 Å². The Hall–Kier alpha value is -1.79. The van der Waals surface area contributed by atoms with Crippen molar-refractivity contribution >= 4 is 23.5 Å². The molecule has 7 heteroatoms. The highest BCUT2D eigenvalue weighted by Gasteiger charge is 2.39. The molecule has 23 heavy (non-hydrogen) atoms. The first-order valence-corrected chi connectivity index (χ1v) is 7.69. The predicted octanol–water partition coefficient (Wildman–Crippen LogP) is 2.55. The first-order chi connectivity index (χ1) is 10.9. The molecule has 2 rings (SSSR count). The summed E-state index contributed by atoms with van der Waals surface area (Å²) in [5.74, 6) is -1.07. The van der Waals surface area contributed by atoms with Crippen LogP contribution in [0.4, 0.5) is 0 Å². The summed E-state index contributed by atoms with van der Waals surface area (Å²) in [5, 5.41) is 12.2. The van der Waals surface area contributed by atoms with Crippen LogP contribution >= 0.6 is 11.6 Å². The molecule has 2 N–H and O–H groups in total. The zero-order valence-corrected chi connectivity index (χ0v) is 13.9. The summed E-state index contributed by atoms with van der Waals surface area (Å²) >= 11 is 6.02. The van der Waals surface area contributed by atoms with Gasteiger partial charge in [-0.05, 0) is 37.0 Å². The van der Waals surface area contributed by atoms with Crippen LogP contribution in [-0.4, -0.2) is 36.8 Å². The number of carboxylic acid groups (broad SMARTS) is 1. The molecule has 126 valence electrons. The monoisotopic (exact) mass is 341 g/mol. The maximum atomic E-state index is 12.2. The minimum absolute atomic E-state index is 0.150. The second kappa shape index (κ2) is 7.19. The Morgan fingerprint density at radius 3 is 2.52 bits per heavy atom. The number of hydrogen-bond acceptors (Lipinski definition) is 4. The van der Waals surface area contributed by atoms with E-state index in [2.05, 4.69) is 5.32 Å². The summed E-state index contributed by atoms with van der Waals surface area (Å²) < 4.78 is 10.4. The van der Waals surface area contributed by atoms with Crippen molar-refractivity contribution in [3.05, 3.63) is 28.8 Å². The minimum atomic E-state index is -1.17. The smallest absolute Gasteiger partial charge is 0.330 e. The molecule has 6 nitrogen and oxygen atoms in total. The zero-order valence-electron chi connectivity index (χ0n) is 13.1. The van der Waals surface area contributed by atoms with Crippen molar-refractivity contribution in [2.24, 2.45) is 0 Å². The van der Waals surface area contributed by atoms with E-state index in [4.69, 9.17) is 21.1 Å². The highest BCUT2D eigenvalue weighted by atomic mass is 35.5. The number of nitrogens with one attached hydrogen (secondary N) is 1. The van der Waals surface area contributed by atoms with Gasteiger partial charge >= 0.3 is 5.97 Å². The van der Waals surface area contributed by atoms with Crippen LogP contribution in [0.1, 0.15) is 37.3 Å². The lowest BCUT2D eigenvalue weighted by molar-refractivity contribution is -0.145. The van der Waals surface area contributed by atoms with Crippen molar-refractivity contribution in [2.75, 3.05) is 14.2 Å². The Kier molecular flexibility index (Phi) is 5.49. The van der Waals surface area contributed by atoms with Gasteiger partial charge in [0.1, 0.15) is 5.75 Å². The number of amides is 1. The Balaban J connectivity index is 2.11. The summed E-state index contributed by atoms with van der Waals surface area (Å²) in [6.45, 7) is 0. The number of methoxy groups -OCH3 is 2. The Morgan fingerprint density at radius 1 is 1.39 bits per heavy atom. The molecule has 1 saturated carbocycles. The molecule has 0 spiro atoms. The van der Waals surface area contributed by atoms with Crippen LogP contribution < -0.4 is 10.1 Å². The molecule has 1 aliphatic carbocycles. The summed E-state index contributed by atoms with van der Waals surface area (Å²) in [5.41, 5.74) is -0.0678. The molecule has 0 aliphatic heterocycles. The minimum Gasteiger partial charge on any atom is -0.495 e. The van der Waals surface area contributed by atoms with Gasteiger partial charge in [-0.1, -0.05) is 17.7 Å². The summed E-state index contributed by atoms with van der Waals surface area (Å²) in [6, 6.07) is 3.45. The number of carbonyl (C=O) groups excluding carboxylic acids is 1. The SMILES string of the molecule is COc1ccc(C(NC(=O)CC2(OC)CCC2)C(=O)O)cc1Cl. The van der Waals surface area contributed by atoms with Crippen LogP contribution in [0.25, 0.3) is 0 Å². The molecule has 1 aromatic carbocycles. The predicted molar refractivity (Wildman–Crippen MR) is 84.7 cm³/mol. The van der Waals surface area contributed by atoms with Crippen molar-refractivity contribution in [2.45, 2.75) is 37.3 Å². The lowest BCUT2D eigenvalue weighted by Crippen LogP contribution is -2.45. The molecule has 1 aromatic rings. The van der Waals surface area contributed by atoms with Crippen LogP contribution in [0.2, 0.25) is 5.02 Å². The van der Waals surface area contributed by atoms with Gasteiger partial charge in [-0.15, -0.1) is 0 Å². The number of ether oxygens (including phenoxy) is 2. The lowest BCUT2D eigenvalue weighted by atomic mass is 9.77. The molecule has 0 radical (unpaired) electrons. The van der Waals surface area contributed by atoms with E-state index in [-0.39, 0.29) is 17.4 Å². The van der Waals surface area contributed by atoms with E-state index in [1.807, 2.05) is 0 Å². The number of carboxylic acids is 1. The van der Waals surface area contributed by atoms with Gasteiger partial charge in [0, 0.05) is 7.11 Å². The summed E-state index contributed by atoms with van der Waals surface area (Å²) in [7, 11) is 3.05. The molecule has 1 fully saturated rings. The maximum Gasteiger partial charge on any atom is 0.330 e. The number of benzene rings is 1. The van der Waals surface area contributed by atoms with Gasteiger partial charge in [-0.2, -0.15) is 0 Å². The standard InChI is InChI=1S/C16H20ClNO5/c1-22-12-5-4-10(8-11(12)17)14(15(20)21)18-13(19)9-16(23-2)6-3-7-16/h4-5,8,14H,3,6-7,9H2,1-2H3,(H,18,19)(H,20,21). The lowest BCUT2D eigenvalue weighted by Gasteiger charge is -2.40. The first-order valence-electron chi connectivity index (χ1n) is 7.31. The quantitative estimate of drug-likeness (QED) is 0.796. The van der Waals surface area contributed by atoms with Crippen LogP contribution in [0.3, 0.4) is 0 Å². The molecule has 1 aliphatic rings. The van der Waals surface area contributed by atoms with E-state index in [1.165, 1.54) is 13.2 Å². The Bertz CT molecular complexity index is 595. The van der Waals surface area contributed by atoms with E-state index in [0.29, 0.717) is 11.3 Å². The second-order valence-corrected chi connectivity index (χ2v) is 6.06. The number of halogens is 1. The molecule has 0 bridgehead atoms. The fraction of sp³-hybridized carbons (Fsp3) is 0.500. The van der Waals surface area contributed by atoms with Crippen LogP contribution in [0.15, 0.2) is 18.2 Å². The van der Waals surface area contributed by atoms with Gasteiger partial charge < -0.3 is 19.9 Å². The molecule has 0 saturated heterocycles. The first kappa shape index (κ1) is 17.6. The molecule has 0 heterocycles. The third-order valence-corrected chi connectivity index (χ3v) is 4.54. The van der Waals surface area contributed by atoms with E-state index >= 15 is 0 Å². The average Bonchev–Trinajstić information content (AvgIpc) is 2.48. The largest absolute Gasteiger partial charge is 0.495 e. The van der Waals surface area contributed by atoms with Crippen LogP contribution in [0, 0.1) is 0 Å². The molecular weight excluding hydrogens is 322 g/mol. The molecule has 1 unspecified atom stereocenters. The van der Waals surface area contributed by atoms with Gasteiger partial charge in [0.05, 0.1) is 24.2 Å². The van der Waals surface area contributed by atoms with Gasteiger partial charge in [-0.3, -0.25) is 4.79 Å². The van der Waals surface area contributed by atoms with Crippen molar-refractivity contribution in [3.63, 3.8) is 0 Å². The van der Waals surface area contributed by atoms with Crippen LogP contribution in [-0.2, 0) is 14.3 Å². The summed E-state index contributed by atoms with van der Waals surface area (Å²) in [4.78, 5) is 23.7. The van der Waals surface area contributed by atoms with Crippen molar-refractivity contribution in [1.29, 1.82) is 0 Å². The van der Waals surface area contributed by atoms with Crippen molar-refractivity contribution in [3.8, 4) is 5.75 Å². The third kappa shape index (κ3) is 3.95. The fourth-order valence-corrected chi connectivity index (χ4v) is 2.94. The number of hydrogen-bond donors (Lipinski definition) is 2. The molecule has 0 aromatic heterocycles. The number of rotatable bonds is 7. The fourth-order valence-electron chi connectivity index (χ4n) is 2.68. The summed E-state index contributed by atoms with van der Waals surface area (Å²) in [6.07, 6.45) is 2.78. The maximum absolute atomic E-state index is 12.2. The Labute approximate surface area is 139 Å². The van der Waals surface area contributed by atoms with E-state index < -0.39 is 17.6 Å². The highest BCUT2D eigenvalue weighted by molar-refractivity contribution is 6.32. The van der Waals surface area contributed by atoms with E-state index in [1.54, 1.807) is 19.2 Å². The van der Waals surface area contributed by atoms with Crippen LogP contribution in [0.5, 0.6) is 5.75 Å². The van der Waals surface area contributed by atoms with Gasteiger partial charge in [0.2, 0.25) is 5.91 Å². The second-order valence-electron chi connectivity index (χ2n) is 5.65. The molecule has 1 atom stereocenters. The van der Waals surface area contributed by atoms with Gasteiger partial charge in [0.25, 0.3) is 0 Å². The Morgan fingerprint density at radius 2 is 2.09 bits per heavy atom. The van der Waals surface area contributed by atoms with Gasteiger partial charge in [0.15, 0.2) is 6.04 Å². The highest BCUT2D eigenvalue weighted by Crippen LogP contribution is 2.38. The third-order valence-electron chi connectivity index (χ3n) is 4.24. The number of aliphatic carboxylic acids is 1. The van der Waals surface area contributed by atoms with E-state index in [0.717, 1.165) is 19.3 Å². The van der Waals surface area contributed by atoms with E-state index in [9.17, 15) is 14.7 Å². The van der Waals surface area contributed by atoms with Gasteiger partial charge in [-0.25, -0.2) is 4.79 Å². The molecular formula is C16H20ClNO5. The normalized spacial score (nSPS) is 17.0.